The number of halogens is 3. The maximum Gasteiger partial charge on any atom is 0.280 e. The van der Waals surface area contributed by atoms with E-state index in [1.54, 1.807) is 36.4 Å². The number of hydrogen-bond donors (Lipinski definition) is 2. The first kappa shape index (κ1) is 19.9. The minimum Gasteiger partial charge on any atom is -0.339 e. The number of carbonyl (C=O) groups is 1. The number of hydrogen-bond acceptors (Lipinski definition) is 4. The molecule has 0 saturated heterocycles. The number of benzene rings is 3. The van der Waals surface area contributed by atoms with Gasteiger partial charge in [0.2, 0.25) is 0 Å². The average molecular weight is 441 g/mol. The molecule has 0 unspecified atom stereocenters. The van der Waals surface area contributed by atoms with Crippen molar-refractivity contribution >= 4 is 52.1 Å². The van der Waals surface area contributed by atoms with Gasteiger partial charge in [-0.05, 0) is 42.5 Å². The Hall–Kier alpha value is -3.35. The Morgan fingerprint density at radius 1 is 0.833 bits per heavy atom. The van der Waals surface area contributed by atoms with E-state index in [2.05, 4.69) is 15.7 Å². The lowest BCUT2D eigenvalue weighted by Gasteiger charge is -2.10. The fourth-order valence-electron chi connectivity index (χ4n) is 2.83. The van der Waals surface area contributed by atoms with Crippen LogP contribution in [0.5, 0.6) is 0 Å². The van der Waals surface area contributed by atoms with Crippen LogP contribution in [0.2, 0.25) is 10.0 Å². The third-order valence-corrected chi connectivity index (χ3v) is 4.91. The largest absolute Gasteiger partial charge is 0.339 e. The molecule has 0 aliphatic rings. The van der Waals surface area contributed by atoms with E-state index in [1.807, 2.05) is 18.2 Å². The van der Waals surface area contributed by atoms with Crippen molar-refractivity contribution in [1.29, 1.82) is 0 Å². The van der Waals surface area contributed by atoms with Gasteiger partial charge in [0.1, 0.15) is 11.6 Å². The van der Waals surface area contributed by atoms with Crippen LogP contribution in [-0.4, -0.2) is 15.7 Å². The van der Waals surface area contributed by atoms with E-state index in [-0.39, 0.29) is 5.56 Å². The third kappa shape index (κ3) is 4.30. The lowest BCUT2D eigenvalue weighted by atomic mass is 10.2. The molecule has 3 aromatic carbocycles. The summed E-state index contributed by atoms with van der Waals surface area (Å²) in [5.74, 6) is -0.284. The Kier molecular flexibility index (Phi) is 5.70. The monoisotopic (exact) mass is 440 g/mol. The SMILES string of the molecule is O=C(c1cccc(F)c1)n1nc(Nc2ccccc2Cl)cc1Nc1ccccc1Cl. The van der Waals surface area contributed by atoms with Crippen LogP contribution in [0, 0.1) is 5.82 Å². The number of nitrogens with zero attached hydrogens (tertiary/aromatic N) is 2. The lowest BCUT2D eigenvalue weighted by Crippen LogP contribution is -2.16. The van der Waals surface area contributed by atoms with Crippen molar-refractivity contribution in [1.82, 2.24) is 9.78 Å². The Morgan fingerprint density at radius 3 is 2.10 bits per heavy atom. The molecule has 2 N–H and O–H groups in total. The summed E-state index contributed by atoms with van der Waals surface area (Å²) in [4.78, 5) is 13.0. The topological polar surface area (TPSA) is 59.0 Å². The van der Waals surface area contributed by atoms with Crippen molar-refractivity contribution in [2.75, 3.05) is 10.6 Å². The van der Waals surface area contributed by atoms with Crippen molar-refractivity contribution in [3.8, 4) is 0 Å². The molecule has 8 heteroatoms. The normalized spacial score (nSPS) is 10.6. The van der Waals surface area contributed by atoms with Crippen molar-refractivity contribution in [2.45, 2.75) is 0 Å². The van der Waals surface area contributed by atoms with E-state index >= 15 is 0 Å². The number of nitrogens with one attached hydrogen (secondary N) is 2. The summed E-state index contributed by atoms with van der Waals surface area (Å²) in [5, 5.41) is 11.5. The fourth-order valence-corrected chi connectivity index (χ4v) is 3.20. The van der Waals surface area contributed by atoms with Gasteiger partial charge in [0.05, 0.1) is 21.4 Å². The van der Waals surface area contributed by atoms with E-state index in [4.69, 9.17) is 23.2 Å². The molecule has 0 bridgehead atoms. The van der Waals surface area contributed by atoms with E-state index < -0.39 is 11.7 Å². The van der Waals surface area contributed by atoms with Gasteiger partial charge in [-0.2, -0.15) is 4.68 Å². The maximum absolute atomic E-state index is 13.6. The van der Waals surface area contributed by atoms with Gasteiger partial charge in [-0.15, -0.1) is 5.10 Å². The Balaban J connectivity index is 1.74. The molecular weight excluding hydrogens is 426 g/mol. The van der Waals surface area contributed by atoms with Gasteiger partial charge >= 0.3 is 0 Å². The van der Waals surface area contributed by atoms with Crippen LogP contribution in [0.1, 0.15) is 10.4 Å². The molecule has 0 spiro atoms. The molecule has 150 valence electrons. The first-order chi connectivity index (χ1) is 14.5. The maximum atomic E-state index is 13.6. The molecule has 0 radical (unpaired) electrons. The second-order valence-corrected chi connectivity index (χ2v) is 7.17. The van der Waals surface area contributed by atoms with E-state index in [0.717, 1.165) is 10.7 Å². The summed E-state index contributed by atoms with van der Waals surface area (Å²) in [7, 11) is 0. The van der Waals surface area contributed by atoms with Gasteiger partial charge in [0.25, 0.3) is 5.91 Å². The summed E-state index contributed by atoms with van der Waals surface area (Å²) in [6.07, 6.45) is 0. The van der Waals surface area contributed by atoms with Crippen LogP contribution in [0.25, 0.3) is 0 Å². The first-order valence-electron chi connectivity index (χ1n) is 8.95. The molecule has 1 heterocycles. The van der Waals surface area contributed by atoms with Gasteiger partial charge in [-0.25, -0.2) is 4.39 Å². The highest BCUT2D eigenvalue weighted by Crippen LogP contribution is 2.29. The highest BCUT2D eigenvalue weighted by molar-refractivity contribution is 6.33. The van der Waals surface area contributed by atoms with Crippen LogP contribution in [0.4, 0.5) is 27.4 Å². The van der Waals surface area contributed by atoms with Crippen LogP contribution >= 0.6 is 23.2 Å². The molecule has 4 rings (SSSR count). The average Bonchev–Trinajstić information content (AvgIpc) is 3.13. The van der Waals surface area contributed by atoms with Crippen LogP contribution < -0.4 is 10.6 Å². The van der Waals surface area contributed by atoms with Crippen molar-refractivity contribution < 1.29 is 9.18 Å². The molecule has 0 saturated carbocycles. The molecule has 0 aliphatic carbocycles. The molecular formula is C22H15Cl2FN4O. The van der Waals surface area contributed by atoms with Crippen molar-refractivity contribution in [3.05, 3.63) is 100 Å². The molecule has 0 amide bonds. The highest BCUT2D eigenvalue weighted by Gasteiger charge is 2.18. The van der Waals surface area contributed by atoms with E-state index in [1.165, 1.54) is 18.2 Å². The van der Waals surface area contributed by atoms with Gasteiger partial charge < -0.3 is 10.6 Å². The van der Waals surface area contributed by atoms with Crippen molar-refractivity contribution in [3.63, 3.8) is 0 Å². The number of rotatable bonds is 5. The Labute approximate surface area is 182 Å². The van der Waals surface area contributed by atoms with Gasteiger partial charge in [-0.1, -0.05) is 53.5 Å². The smallest absolute Gasteiger partial charge is 0.280 e. The summed E-state index contributed by atoms with van der Waals surface area (Å²) >= 11 is 12.4. The van der Waals surface area contributed by atoms with Gasteiger partial charge in [0, 0.05) is 11.6 Å². The summed E-state index contributed by atoms with van der Waals surface area (Å²) in [6.45, 7) is 0. The molecule has 4 aromatic rings. The molecule has 1 aromatic heterocycles. The zero-order valence-corrected chi connectivity index (χ0v) is 17.0. The van der Waals surface area contributed by atoms with E-state index in [9.17, 15) is 9.18 Å². The molecule has 0 atom stereocenters. The summed E-state index contributed by atoms with van der Waals surface area (Å²) in [5.41, 5.74) is 1.38. The standard InChI is InChI=1S/C22H15Cl2FN4O/c23-16-8-1-3-10-18(16)26-20-13-21(27-19-11-4-2-9-17(19)24)29(28-20)22(30)14-6-5-7-15(25)12-14/h1-13,27H,(H,26,28). The second kappa shape index (κ2) is 8.57. The highest BCUT2D eigenvalue weighted by atomic mass is 35.5. The number of anilines is 4. The summed E-state index contributed by atoms with van der Waals surface area (Å²) in [6, 6.07) is 21.3. The first-order valence-corrected chi connectivity index (χ1v) is 9.70. The Morgan fingerprint density at radius 2 is 1.47 bits per heavy atom. The minimum atomic E-state index is -0.511. The van der Waals surface area contributed by atoms with Crippen LogP contribution in [0.3, 0.4) is 0 Å². The number of para-hydroxylation sites is 2. The predicted octanol–water partition coefficient (Wildman–Crippen LogP) is 6.50. The molecule has 0 fully saturated rings. The summed E-state index contributed by atoms with van der Waals surface area (Å²) < 4.78 is 14.8. The quantitative estimate of drug-likeness (QED) is 0.371. The zero-order chi connectivity index (χ0) is 21.1. The zero-order valence-electron chi connectivity index (χ0n) is 15.4. The lowest BCUT2D eigenvalue weighted by molar-refractivity contribution is 0.0947. The fraction of sp³-hybridized carbons (Fsp3) is 0. The molecule has 5 nitrogen and oxygen atoms in total. The molecule has 0 aliphatic heterocycles. The van der Waals surface area contributed by atoms with Crippen LogP contribution in [-0.2, 0) is 0 Å². The predicted molar refractivity (Wildman–Crippen MR) is 118 cm³/mol. The van der Waals surface area contributed by atoms with Gasteiger partial charge in [-0.3, -0.25) is 4.79 Å². The van der Waals surface area contributed by atoms with Gasteiger partial charge in [0.15, 0.2) is 5.82 Å². The number of carbonyl (C=O) groups excluding carboxylic acids is 1. The minimum absolute atomic E-state index is 0.157. The molecule has 30 heavy (non-hydrogen) atoms. The van der Waals surface area contributed by atoms with E-state index in [0.29, 0.717) is 33.1 Å². The number of aromatic nitrogens is 2. The Bertz CT molecular complexity index is 1230. The van der Waals surface area contributed by atoms with Crippen LogP contribution in [0.15, 0.2) is 78.9 Å². The second-order valence-electron chi connectivity index (χ2n) is 6.35. The third-order valence-electron chi connectivity index (χ3n) is 4.25. The van der Waals surface area contributed by atoms with Crippen molar-refractivity contribution in [2.24, 2.45) is 0 Å².